The van der Waals surface area contributed by atoms with Crippen LogP contribution in [-0.4, -0.2) is 10.8 Å². The Hall–Kier alpha value is -1.33. The minimum atomic E-state index is -0.747. The highest BCUT2D eigenvalue weighted by Crippen LogP contribution is 2.33. The summed E-state index contributed by atoms with van der Waals surface area (Å²) in [5.74, 6) is -0.747. The minimum Gasteiger partial charge on any atom is -0.366 e. The van der Waals surface area contributed by atoms with Gasteiger partial charge in [-0.1, -0.05) is 23.2 Å². The van der Waals surface area contributed by atoms with Gasteiger partial charge in [-0.3, -0.25) is 14.9 Å². The van der Waals surface area contributed by atoms with Gasteiger partial charge in [0.2, 0.25) is 5.91 Å². The Labute approximate surface area is 88.6 Å². The summed E-state index contributed by atoms with van der Waals surface area (Å²) >= 11 is 11.1. The first-order chi connectivity index (χ1) is 6.43. The average Bonchev–Trinajstić information content (AvgIpc) is 2.01. The fraction of sp³-hybridized carbons (Fsp3) is 0. The van der Waals surface area contributed by atoms with E-state index in [1.54, 1.807) is 0 Å². The van der Waals surface area contributed by atoms with E-state index in [9.17, 15) is 14.9 Å². The molecule has 14 heavy (non-hydrogen) atoms. The second-order valence-electron chi connectivity index (χ2n) is 2.41. The molecular weight excluding hydrogens is 231 g/mol. The molecule has 1 aromatic rings. The highest BCUT2D eigenvalue weighted by atomic mass is 35.5. The van der Waals surface area contributed by atoms with Gasteiger partial charge in [-0.05, 0) is 12.1 Å². The molecule has 1 amide bonds. The zero-order chi connectivity index (χ0) is 10.9. The molecule has 74 valence electrons. The smallest absolute Gasteiger partial charge is 0.306 e. The molecule has 0 aliphatic rings. The summed E-state index contributed by atoms with van der Waals surface area (Å²) in [5, 5.41) is 10.0. The van der Waals surface area contributed by atoms with Gasteiger partial charge in [0, 0.05) is 5.56 Å². The van der Waals surface area contributed by atoms with E-state index in [4.69, 9.17) is 28.9 Å². The van der Waals surface area contributed by atoms with Gasteiger partial charge in [-0.15, -0.1) is 0 Å². The number of primary amides is 1. The molecule has 1 rings (SSSR count). The zero-order valence-electron chi connectivity index (χ0n) is 6.66. The van der Waals surface area contributed by atoms with Crippen LogP contribution in [-0.2, 0) is 0 Å². The van der Waals surface area contributed by atoms with Crippen LogP contribution >= 0.6 is 23.2 Å². The molecule has 0 atom stereocenters. The number of rotatable bonds is 2. The number of nitro benzene ring substituents is 1. The summed E-state index contributed by atoms with van der Waals surface area (Å²) in [6, 6.07) is 2.21. The van der Waals surface area contributed by atoms with E-state index in [1.807, 2.05) is 0 Å². The third-order valence-corrected chi connectivity index (χ3v) is 2.06. The van der Waals surface area contributed by atoms with Crippen molar-refractivity contribution in [1.82, 2.24) is 0 Å². The van der Waals surface area contributed by atoms with Crippen LogP contribution in [0.1, 0.15) is 10.4 Å². The fourth-order valence-electron chi connectivity index (χ4n) is 0.882. The Bertz CT molecular complexity index is 396. The lowest BCUT2D eigenvalue weighted by atomic mass is 10.2. The van der Waals surface area contributed by atoms with Crippen LogP contribution in [0.2, 0.25) is 10.0 Å². The topological polar surface area (TPSA) is 86.2 Å². The number of carbonyl (C=O) groups excluding carboxylic acids is 1. The van der Waals surface area contributed by atoms with E-state index in [2.05, 4.69) is 0 Å². The number of hydrogen-bond donors (Lipinski definition) is 1. The van der Waals surface area contributed by atoms with Crippen LogP contribution in [0.3, 0.4) is 0 Å². The normalized spacial score (nSPS) is 9.86. The van der Waals surface area contributed by atoms with Crippen molar-refractivity contribution < 1.29 is 9.72 Å². The molecule has 5 nitrogen and oxygen atoms in total. The van der Waals surface area contributed by atoms with E-state index in [0.29, 0.717) is 0 Å². The first-order valence-electron chi connectivity index (χ1n) is 3.36. The van der Waals surface area contributed by atoms with Crippen molar-refractivity contribution in [3.63, 3.8) is 0 Å². The highest BCUT2D eigenvalue weighted by molar-refractivity contribution is 6.38. The maximum atomic E-state index is 10.7. The Balaban J connectivity index is 3.39. The van der Waals surface area contributed by atoms with Crippen LogP contribution in [0.25, 0.3) is 0 Å². The van der Waals surface area contributed by atoms with Gasteiger partial charge in [-0.2, -0.15) is 0 Å². The molecule has 0 spiro atoms. The molecule has 0 saturated heterocycles. The molecule has 0 radical (unpaired) electrons. The Morgan fingerprint density at radius 2 is 1.79 bits per heavy atom. The van der Waals surface area contributed by atoms with E-state index in [1.165, 1.54) is 0 Å². The number of amides is 1. The van der Waals surface area contributed by atoms with Gasteiger partial charge in [0.15, 0.2) is 0 Å². The number of nitrogens with two attached hydrogens (primary N) is 1. The van der Waals surface area contributed by atoms with Crippen molar-refractivity contribution in [2.24, 2.45) is 5.73 Å². The lowest BCUT2D eigenvalue weighted by Gasteiger charge is -2.00. The third kappa shape index (κ3) is 1.94. The van der Waals surface area contributed by atoms with Crippen molar-refractivity contribution in [3.8, 4) is 0 Å². The molecule has 0 aliphatic heterocycles. The van der Waals surface area contributed by atoms with Gasteiger partial charge in [0.1, 0.15) is 10.0 Å². The highest BCUT2D eigenvalue weighted by Gasteiger charge is 2.19. The predicted octanol–water partition coefficient (Wildman–Crippen LogP) is 2.00. The monoisotopic (exact) mass is 234 g/mol. The van der Waals surface area contributed by atoms with Crippen LogP contribution < -0.4 is 5.73 Å². The van der Waals surface area contributed by atoms with Crippen LogP contribution in [0.5, 0.6) is 0 Å². The molecule has 0 saturated carbocycles. The predicted molar refractivity (Wildman–Crippen MR) is 51.6 cm³/mol. The second kappa shape index (κ2) is 3.81. The molecular formula is C7H4Cl2N2O3. The Kier molecular flexibility index (Phi) is 2.93. The Morgan fingerprint density at radius 3 is 2.07 bits per heavy atom. The van der Waals surface area contributed by atoms with Gasteiger partial charge >= 0.3 is 5.69 Å². The molecule has 0 fully saturated rings. The van der Waals surface area contributed by atoms with E-state index >= 15 is 0 Å². The number of benzene rings is 1. The average molecular weight is 235 g/mol. The van der Waals surface area contributed by atoms with Gasteiger partial charge in [0.05, 0.1) is 4.92 Å². The minimum absolute atomic E-state index is 0.0330. The Morgan fingerprint density at radius 1 is 1.36 bits per heavy atom. The zero-order valence-corrected chi connectivity index (χ0v) is 8.17. The first kappa shape index (κ1) is 10.7. The number of nitro groups is 1. The second-order valence-corrected chi connectivity index (χ2v) is 3.22. The van der Waals surface area contributed by atoms with Gasteiger partial charge in [-0.25, -0.2) is 0 Å². The fourth-order valence-corrected chi connectivity index (χ4v) is 1.51. The number of halogens is 2. The standard InChI is InChI=1S/C7H4Cl2N2O3/c8-4-1-3(7(10)12)2-5(9)6(4)11(13)14/h1-2H,(H2,10,12). The van der Waals surface area contributed by atoms with Crippen molar-refractivity contribution >= 4 is 34.8 Å². The number of carbonyl (C=O) groups is 1. The summed E-state index contributed by atoms with van der Waals surface area (Å²) in [5.41, 5.74) is 4.55. The lowest BCUT2D eigenvalue weighted by Crippen LogP contribution is -2.11. The lowest BCUT2D eigenvalue weighted by molar-refractivity contribution is -0.384. The van der Waals surface area contributed by atoms with Crippen LogP contribution in [0.4, 0.5) is 5.69 Å². The van der Waals surface area contributed by atoms with Gasteiger partial charge in [0.25, 0.3) is 0 Å². The van der Waals surface area contributed by atoms with Crippen LogP contribution in [0.15, 0.2) is 12.1 Å². The number of hydrogen-bond acceptors (Lipinski definition) is 3. The summed E-state index contributed by atoms with van der Waals surface area (Å²) < 4.78 is 0. The number of nitrogens with zero attached hydrogens (tertiary/aromatic N) is 1. The molecule has 0 heterocycles. The quantitative estimate of drug-likeness (QED) is 0.628. The summed E-state index contributed by atoms with van der Waals surface area (Å²) in [7, 11) is 0. The molecule has 0 aromatic heterocycles. The van der Waals surface area contributed by atoms with E-state index < -0.39 is 16.5 Å². The van der Waals surface area contributed by atoms with Crippen molar-refractivity contribution in [1.29, 1.82) is 0 Å². The summed E-state index contributed by atoms with van der Waals surface area (Å²) in [4.78, 5) is 20.4. The van der Waals surface area contributed by atoms with Crippen molar-refractivity contribution in [2.45, 2.75) is 0 Å². The molecule has 2 N–H and O–H groups in total. The summed E-state index contributed by atoms with van der Waals surface area (Å²) in [6.45, 7) is 0. The van der Waals surface area contributed by atoms with Crippen LogP contribution in [0, 0.1) is 10.1 Å². The maximum absolute atomic E-state index is 10.7. The third-order valence-electron chi connectivity index (χ3n) is 1.48. The molecule has 0 bridgehead atoms. The van der Waals surface area contributed by atoms with Crippen molar-refractivity contribution in [2.75, 3.05) is 0 Å². The molecule has 1 aromatic carbocycles. The van der Waals surface area contributed by atoms with E-state index in [-0.39, 0.29) is 15.6 Å². The van der Waals surface area contributed by atoms with Gasteiger partial charge < -0.3 is 5.73 Å². The van der Waals surface area contributed by atoms with Crippen molar-refractivity contribution in [3.05, 3.63) is 37.9 Å². The maximum Gasteiger partial charge on any atom is 0.306 e. The molecule has 0 unspecified atom stereocenters. The molecule has 0 aliphatic carbocycles. The first-order valence-corrected chi connectivity index (χ1v) is 4.12. The SMILES string of the molecule is NC(=O)c1cc(Cl)c([N+](=O)[O-])c(Cl)c1. The van der Waals surface area contributed by atoms with E-state index in [0.717, 1.165) is 12.1 Å². The summed E-state index contributed by atoms with van der Waals surface area (Å²) in [6.07, 6.45) is 0. The largest absolute Gasteiger partial charge is 0.366 e. The molecule has 7 heteroatoms.